The van der Waals surface area contributed by atoms with Gasteiger partial charge in [-0.3, -0.25) is 0 Å². The molecule has 0 heterocycles. The van der Waals surface area contributed by atoms with Crippen molar-refractivity contribution < 1.29 is 9.50 Å². The van der Waals surface area contributed by atoms with E-state index in [9.17, 15) is 9.50 Å². The van der Waals surface area contributed by atoms with Gasteiger partial charge in [-0.15, -0.1) is 0 Å². The monoisotopic (exact) mass is 300 g/mol. The molecule has 21 heavy (non-hydrogen) atoms. The van der Waals surface area contributed by atoms with Gasteiger partial charge in [0.25, 0.3) is 0 Å². The van der Waals surface area contributed by atoms with Crippen LogP contribution in [0.1, 0.15) is 17.2 Å². The maximum Gasteiger partial charge on any atom is 0.142 e. The molecule has 1 atom stereocenters. The Morgan fingerprint density at radius 2 is 1.71 bits per heavy atom. The zero-order valence-corrected chi connectivity index (χ0v) is 12.0. The molecule has 0 radical (unpaired) electrons. The lowest BCUT2D eigenvalue weighted by molar-refractivity contribution is 0.178. The molecular weight excluding hydrogens is 287 g/mol. The lowest BCUT2D eigenvalue weighted by Crippen LogP contribution is -2.03. The number of hydrogen-bond acceptors (Lipinski definition) is 1. The summed E-state index contributed by atoms with van der Waals surface area (Å²) in [4.78, 5) is 0. The molecule has 1 N–H and O–H groups in total. The van der Waals surface area contributed by atoms with E-state index in [1.54, 1.807) is 12.1 Å². The van der Waals surface area contributed by atoms with Crippen LogP contribution in [0, 0.1) is 5.82 Å². The first kappa shape index (κ1) is 14.1. The van der Waals surface area contributed by atoms with Crippen LogP contribution in [0.5, 0.6) is 0 Å². The van der Waals surface area contributed by atoms with Crippen molar-refractivity contribution in [3.63, 3.8) is 0 Å². The molecule has 3 heteroatoms. The molecule has 0 aromatic heterocycles. The summed E-state index contributed by atoms with van der Waals surface area (Å²) >= 11 is 5.91. The molecule has 0 amide bonds. The average Bonchev–Trinajstić information content (AvgIpc) is 2.50. The summed E-state index contributed by atoms with van der Waals surface area (Å²) in [6.45, 7) is 0. The van der Waals surface area contributed by atoms with Crippen molar-refractivity contribution in [1.82, 2.24) is 0 Å². The van der Waals surface area contributed by atoms with E-state index in [1.165, 1.54) is 6.07 Å². The summed E-state index contributed by atoms with van der Waals surface area (Å²) in [6.07, 6.45) is -0.428. The van der Waals surface area contributed by atoms with E-state index in [-0.39, 0.29) is 5.02 Å². The van der Waals surface area contributed by atoms with Crippen LogP contribution in [0.4, 0.5) is 4.39 Å². The lowest BCUT2D eigenvalue weighted by atomic mass is 9.99. The second-order valence-electron chi connectivity index (χ2n) is 5.04. The predicted molar refractivity (Wildman–Crippen MR) is 84.0 cm³/mol. The van der Waals surface area contributed by atoms with Gasteiger partial charge in [0.15, 0.2) is 0 Å². The van der Waals surface area contributed by atoms with Gasteiger partial charge in [0.05, 0.1) is 11.1 Å². The molecule has 0 bridgehead atoms. The van der Waals surface area contributed by atoms with Gasteiger partial charge in [-0.05, 0) is 22.4 Å². The Morgan fingerprint density at radius 3 is 2.52 bits per heavy atom. The maximum atomic E-state index is 13.4. The van der Waals surface area contributed by atoms with Crippen LogP contribution in [0.15, 0.2) is 60.7 Å². The third kappa shape index (κ3) is 2.92. The highest BCUT2D eigenvalue weighted by Crippen LogP contribution is 2.28. The number of rotatable bonds is 3. The van der Waals surface area contributed by atoms with Crippen LogP contribution in [-0.4, -0.2) is 5.11 Å². The van der Waals surface area contributed by atoms with Gasteiger partial charge < -0.3 is 5.11 Å². The Hall–Kier alpha value is -1.90. The molecule has 3 rings (SSSR count). The Bertz CT molecular complexity index is 785. The van der Waals surface area contributed by atoms with Crippen LogP contribution in [0.3, 0.4) is 0 Å². The number of halogens is 2. The first-order chi connectivity index (χ1) is 10.1. The lowest BCUT2D eigenvalue weighted by Gasteiger charge is -2.13. The fourth-order valence-electron chi connectivity index (χ4n) is 2.48. The van der Waals surface area contributed by atoms with Crippen molar-refractivity contribution in [2.24, 2.45) is 0 Å². The molecule has 0 fully saturated rings. The fraction of sp³-hybridized carbons (Fsp3) is 0.111. The van der Waals surface area contributed by atoms with Gasteiger partial charge in [0.2, 0.25) is 0 Å². The van der Waals surface area contributed by atoms with Crippen molar-refractivity contribution in [2.75, 3.05) is 0 Å². The molecular formula is C18H14ClFO. The van der Waals surface area contributed by atoms with E-state index in [0.717, 1.165) is 16.3 Å². The van der Waals surface area contributed by atoms with Gasteiger partial charge >= 0.3 is 0 Å². The second-order valence-corrected chi connectivity index (χ2v) is 5.42. The first-order valence-corrected chi connectivity index (χ1v) is 7.12. The number of aliphatic hydroxyl groups is 1. The highest BCUT2D eigenvalue weighted by atomic mass is 35.5. The summed E-state index contributed by atoms with van der Waals surface area (Å²) in [5, 5.41) is 12.6. The van der Waals surface area contributed by atoms with Gasteiger partial charge in [-0.1, -0.05) is 66.2 Å². The topological polar surface area (TPSA) is 20.2 Å². The third-order valence-electron chi connectivity index (χ3n) is 3.58. The Morgan fingerprint density at radius 1 is 0.952 bits per heavy atom. The predicted octanol–water partition coefficient (Wildman–Crippen LogP) is 4.91. The van der Waals surface area contributed by atoms with E-state index in [2.05, 4.69) is 0 Å². The van der Waals surface area contributed by atoms with Gasteiger partial charge in [0.1, 0.15) is 5.82 Å². The van der Waals surface area contributed by atoms with Crippen molar-refractivity contribution in [1.29, 1.82) is 0 Å². The smallest absolute Gasteiger partial charge is 0.142 e. The second kappa shape index (κ2) is 5.84. The zero-order chi connectivity index (χ0) is 14.8. The van der Waals surface area contributed by atoms with Gasteiger partial charge in [-0.2, -0.15) is 0 Å². The SMILES string of the molecule is OC(Cc1ccc2ccccc2c1)c1cccc(F)c1Cl. The summed E-state index contributed by atoms with van der Waals surface area (Å²) in [7, 11) is 0. The minimum Gasteiger partial charge on any atom is -0.388 e. The molecule has 0 aliphatic rings. The molecule has 0 aliphatic carbocycles. The minimum atomic E-state index is -0.825. The van der Waals surface area contributed by atoms with Crippen LogP contribution < -0.4 is 0 Å². The third-order valence-corrected chi connectivity index (χ3v) is 3.98. The van der Waals surface area contributed by atoms with Crippen LogP contribution >= 0.6 is 11.6 Å². The highest BCUT2D eigenvalue weighted by Gasteiger charge is 2.15. The zero-order valence-electron chi connectivity index (χ0n) is 11.3. The van der Waals surface area contributed by atoms with Crippen molar-refractivity contribution in [2.45, 2.75) is 12.5 Å². The summed E-state index contributed by atoms with van der Waals surface area (Å²) < 4.78 is 13.4. The quantitative estimate of drug-likeness (QED) is 0.729. The van der Waals surface area contributed by atoms with E-state index < -0.39 is 11.9 Å². The van der Waals surface area contributed by atoms with Gasteiger partial charge in [0, 0.05) is 12.0 Å². The largest absolute Gasteiger partial charge is 0.388 e. The Labute approximate surface area is 127 Å². The summed E-state index contributed by atoms with van der Waals surface area (Å²) in [6, 6.07) is 18.6. The number of benzene rings is 3. The van der Waals surface area contributed by atoms with Crippen molar-refractivity contribution in [3.05, 3.63) is 82.6 Å². The molecule has 106 valence electrons. The summed E-state index contributed by atoms with van der Waals surface area (Å²) in [5.74, 6) is -0.508. The average molecular weight is 301 g/mol. The van der Waals surface area contributed by atoms with Crippen LogP contribution in [0.2, 0.25) is 5.02 Å². The fourth-order valence-corrected chi connectivity index (χ4v) is 2.73. The van der Waals surface area contributed by atoms with Crippen molar-refractivity contribution >= 4 is 22.4 Å². The highest BCUT2D eigenvalue weighted by molar-refractivity contribution is 6.31. The molecule has 1 nitrogen and oxygen atoms in total. The normalized spacial score (nSPS) is 12.5. The molecule has 0 spiro atoms. The first-order valence-electron chi connectivity index (χ1n) is 6.75. The van der Waals surface area contributed by atoms with Crippen LogP contribution in [-0.2, 0) is 6.42 Å². The van der Waals surface area contributed by atoms with Crippen LogP contribution in [0.25, 0.3) is 10.8 Å². The molecule has 0 saturated heterocycles. The summed E-state index contributed by atoms with van der Waals surface area (Å²) in [5.41, 5.74) is 1.41. The Balaban J connectivity index is 1.89. The van der Waals surface area contributed by atoms with E-state index in [0.29, 0.717) is 12.0 Å². The number of aliphatic hydroxyl groups excluding tert-OH is 1. The maximum absolute atomic E-state index is 13.4. The van der Waals surface area contributed by atoms with E-state index >= 15 is 0 Å². The number of fused-ring (bicyclic) bond motifs is 1. The van der Waals surface area contributed by atoms with Crippen molar-refractivity contribution in [3.8, 4) is 0 Å². The van der Waals surface area contributed by atoms with Gasteiger partial charge in [-0.25, -0.2) is 4.39 Å². The Kier molecular flexibility index (Phi) is 3.91. The number of hydrogen-bond donors (Lipinski definition) is 1. The van der Waals surface area contributed by atoms with E-state index in [1.807, 2.05) is 42.5 Å². The van der Waals surface area contributed by atoms with E-state index in [4.69, 9.17) is 11.6 Å². The molecule has 0 saturated carbocycles. The minimum absolute atomic E-state index is 0.00853. The molecule has 3 aromatic rings. The molecule has 0 aliphatic heterocycles. The molecule has 3 aromatic carbocycles. The standard InChI is InChI=1S/C18H14ClFO/c19-18-15(6-3-7-16(18)20)17(21)11-12-8-9-13-4-1-2-5-14(13)10-12/h1-10,17,21H,11H2. The molecule has 1 unspecified atom stereocenters.